The predicted molar refractivity (Wildman–Crippen MR) is 63.5 cm³/mol. The molecule has 2 heterocycles. The zero-order chi connectivity index (χ0) is 12.4. The van der Waals surface area contributed by atoms with Gasteiger partial charge >= 0.3 is 0 Å². The van der Waals surface area contributed by atoms with Crippen LogP contribution in [0.1, 0.15) is 45.0 Å². The van der Waals surface area contributed by atoms with Gasteiger partial charge in [-0.05, 0) is 25.8 Å². The summed E-state index contributed by atoms with van der Waals surface area (Å²) in [5.74, 6) is 1.72. The molecule has 96 valence electrons. The van der Waals surface area contributed by atoms with Crippen molar-refractivity contribution < 1.29 is 9.52 Å². The van der Waals surface area contributed by atoms with E-state index in [-0.39, 0.29) is 12.1 Å². The molecular weight excluding hydrogens is 218 g/mol. The number of aliphatic hydroxyl groups is 1. The Morgan fingerprint density at radius 1 is 1.53 bits per heavy atom. The molecule has 0 radical (unpaired) electrons. The average Bonchev–Trinajstić information content (AvgIpc) is 2.80. The third kappa shape index (κ3) is 2.66. The lowest BCUT2D eigenvalue weighted by Crippen LogP contribution is -2.43. The molecule has 0 saturated carbocycles. The van der Waals surface area contributed by atoms with E-state index < -0.39 is 0 Å². The maximum absolute atomic E-state index is 9.89. The van der Waals surface area contributed by atoms with Crippen LogP contribution in [0, 0.1) is 5.92 Å². The van der Waals surface area contributed by atoms with E-state index in [1.807, 2.05) is 6.92 Å². The Bertz CT molecular complexity index is 366. The second kappa shape index (κ2) is 5.14. The second-order valence-electron chi connectivity index (χ2n) is 4.89. The van der Waals surface area contributed by atoms with Gasteiger partial charge in [0.05, 0.1) is 12.1 Å². The number of likely N-dealkylation sites (tertiary alicyclic amines) is 1. The van der Waals surface area contributed by atoms with Gasteiger partial charge in [0.15, 0.2) is 0 Å². The van der Waals surface area contributed by atoms with Crippen LogP contribution in [0.15, 0.2) is 4.42 Å². The van der Waals surface area contributed by atoms with Gasteiger partial charge in [0, 0.05) is 13.0 Å². The van der Waals surface area contributed by atoms with E-state index in [9.17, 15) is 5.11 Å². The molecule has 3 atom stereocenters. The van der Waals surface area contributed by atoms with E-state index in [0.29, 0.717) is 24.2 Å². The van der Waals surface area contributed by atoms with Crippen molar-refractivity contribution >= 4 is 0 Å². The highest BCUT2D eigenvalue weighted by atomic mass is 16.4. The highest BCUT2D eigenvalue weighted by molar-refractivity contribution is 4.91. The fraction of sp³-hybridized carbons (Fsp3) is 0.833. The summed E-state index contributed by atoms with van der Waals surface area (Å²) in [6, 6.07) is 0.0879. The zero-order valence-electron chi connectivity index (χ0n) is 10.8. The maximum atomic E-state index is 9.89. The van der Waals surface area contributed by atoms with Crippen molar-refractivity contribution in [3.8, 4) is 0 Å². The standard InChI is InChI=1S/C12H21N3O2/c1-4-11-13-14-12(17-11)9(3)15-6-5-8(2)10(16)7-15/h8-10,16H,4-7H2,1-3H3. The first-order chi connectivity index (χ1) is 8.11. The molecule has 2 rings (SSSR count). The molecule has 5 heteroatoms. The van der Waals surface area contributed by atoms with Crippen LogP contribution in [-0.2, 0) is 6.42 Å². The van der Waals surface area contributed by atoms with Gasteiger partial charge in [-0.2, -0.15) is 0 Å². The quantitative estimate of drug-likeness (QED) is 0.863. The molecule has 1 aliphatic heterocycles. The van der Waals surface area contributed by atoms with Gasteiger partial charge in [0.1, 0.15) is 0 Å². The van der Waals surface area contributed by atoms with Crippen molar-refractivity contribution in [3.63, 3.8) is 0 Å². The van der Waals surface area contributed by atoms with Crippen LogP contribution in [0.4, 0.5) is 0 Å². The molecule has 3 unspecified atom stereocenters. The van der Waals surface area contributed by atoms with Gasteiger partial charge in [-0.3, -0.25) is 4.90 Å². The minimum absolute atomic E-state index is 0.0879. The number of piperidine rings is 1. The number of aryl methyl sites for hydroxylation is 1. The van der Waals surface area contributed by atoms with Gasteiger partial charge < -0.3 is 9.52 Å². The first-order valence-electron chi connectivity index (χ1n) is 6.36. The third-order valence-electron chi connectivity index (χ3n) is 3.64. The molecule has 1 aromatic heterocycles. The summed E-state index contributed by atoms with van der Waals surface area (Å²) in [4.78, 5) is 2.21. The van der Waals surface area contributed by atoms with Crippen molar-refractivity contribution in [1.29, 1.82) is 0 Å². The monoisotopic (exact) mass is 239 g/mol. The molecule has 1 aromatic rings. The summed E-state index contributed by atoms with van der Waals surface area (Å²) >= 11 is 0. The van der Waals surface area contributed by atoms with Crippen molar-refractivity contribution in [1.82, 2.24) is 15.1 Å². The van der Waals surface area contributed by atoms with Gasteiger partial charge in [0.25, 0.3) is 0 Å². The van der Waals surface area contributed by atoms with Crippen LogP contribution in [0.2, 0.25) is 0 Å². The fourth-order valence-electron chi connectivity index (χ4n) is 2.16. The third-order valence-corrected chi connectivity index (χ3v) is 3.64. The van der Waals surface area contributed by atoms with Gasteiger partial charge in [0.2, 0.25) is 11.8 Å². The van der Waals surface area contributed by atoms with E-state index in [4.69, 9.17) is 4.42 Å². The summed E-state index contributed by atoms with van der Waals surface area (Å²) in [5.41, 5.74) is 0. The van der Waals surface area contributed by atoms with E-state index >= 15 is 0 Å². The minimum Gasteiger partial charge on any atom is -0.424 e. The molecular formula is C12H21N3O2. The topological polar surface area (TPSA) is 62.4 Å². The Labute approximate surface area is 102 Å². The summed E-state index contributed by atoms with van der Waals surface area (Å²) < 4.78 is 5.56. The fourth-order valence-corrected chi connectivity index (χ4v) is 2.16. The number of aliphatic hydroxyl groups excluding tert-OH is 1. The Balaban J connectivity index is 2.02. The molecule has 0 spiro atoms. The lowest BCUT2D eigenvalue weighted by molar-refractivity contribution is 0.00791. The molecule has 1 N–H and O–H groups in total. The lowest BCUT2D eigenvalue weighted by atomic mass is 9.95. The van der Waals surface area contributed by atoms with Crippen LogP contribution < -0.4 is 0 Å². The number of nitrogens with zero attached hydrogens (tertiary/aromatic N) is 3. The summed E-state index contributed by atoms with van der Waals surface area (Å²) in [6.45, 7) is 7.80. The maximum Gasteiger partial charge on any atom is 0.233 e. The van der Waals surface area contributed by atoms with E-state index in [1.165, 1.54) is 0 Å². The van der Waals surface area contributed by atoms with Crippen LogP contribution in [0.3, 0.4) is 0 Å². The van der Waals surface area contributed by atoms with Crippen molar-refractivity contribution in [2.24, 2.45) is 5.92 Å². The van der Waals surface area contributed by atoms with Crippen LogP contribution in [0.25, 0.3) is 0 Å². The van der Waals surface area contributed by atoms with Gasteiger partial charge in [-0.1, -0.05) is 13.8 Å². The molecule has 5 nitrogen and oxygen atoms in total. The largest absolute Gasteiger partial charge is 0.424 e. The van der Waals surface area contributed by atoms with Gasteiger partial charge in [-0.25, -0.2) is 0 Å². The average molecular weight is 239 g/mol. The molecule has 1 fully saturated rings. The number of hydrogen-bond acceptors (Lipinski definition) is 5. The van der Waals surface area contributed by atoms with Crippen LogP contribution in [0.5, 0.6) is 0 Å². The Kier molecular flexibility index (Phi) is 3.79. The number of rotatable bonds is 3. The zero-order valence-corrected chi connectivity index (χ0v) is 10.8. The molecule has 1 saturated heterocycles. The van der Waals surface area contributed by atoms with Crippen molar-refractivity contribution in [2.75, 3.05) is 13.1 Å². The lowest BCUT2D eigenvalue weighted by Gasteiger charge is -2.36. The molecule has 0 amide bonds. The number of hydrogen-bond donors (Lipinski definition) is 1. The normalized spacial score (nSPS) is 28.2. The highest BCUT2D eigenvalue weighted by Gasteiger charge is 2.29. The second-order valence-corrected chi connectivity index (χ2v) is 4.89. The summed E-state index contributed by atoms with van der Waals surface area (Å²) in [7, 11) is 0. The number of β-amino-alcohol motifs (C(OH)–C–C–N with tert-alkyl or cyclic N) is 1. The predicted octanol–water partition coefficient (Wildman–Crippen LogP) is 1.40. The summed E-state index contributed by atoms with van der Waals surface area (Å²) in [5, 5.41) is 17.9. The molecule has 0 aliphatic carbocycles. The number of aromatic nitrogens is 2. The first kappa shape index (κ1) is 12.5. The van der Waals surface area contributed by atoms with Crippen molar-refractivity contribution in [3.05, 3.63) is 11.8 Å². The summed E-state index contributed by atoms with van der Waals surface area (Å²) in [6.07, 6.45) is 1.53. The van der Waals surface area contributed by atoms with E-state index in [0.717, 1.165) is 19.4 Å². The molecule has 17 heavy (non-hydrogen) atoms. The smallest absolute Gasteiger partial charge is 0.233 e. The molecule has 1 aliphatic rings. The van der Waals surface area contributed by atoms with Crippen molar-refractivity contribution in [2.45, 2.75) is 45.8 Å². The molecule has 0 aromatic carbocycles. The van der Waals surface area contributed by atoms with Crippen LogP contribution >= 0.6 is 0 Å². The highest BCUT2D eigenvalue weighted by Crippen LogP contribution is 2.25. The minimum atomic E-state index is -0.250. The Hall–Kier alpha value is -0.940. The first-order valence-corrected chi connectivity index (χ1v) is 6.36. The Morgan fingerprint density at radius 3 is 2.88 bits per heavy atom. The van der Waals surface area contributed by atoms with E-state index in [1.54, 1.807) is 0 Å². The van der Waals surface area contributed by atoms with E-state index in [2.05, 4.69) is 28.9 Å². The van der Waals surface area contributed by atoms with Crippen LogP contribution in [-0.4, -0.2) is 39.4 Å². The SMILES string of the molecule is CCc1nnc(C(C)N2CCC(C)C(O)C2)o1. The molecule has 0 bridgehead atoms. The van der Waals surface area contributed by atoms with Gasteiger partial charge in [-0.15, -0.1) is 10.2 Å². The Morgan fingerprint density at radius 2 is 2.29 bits per heavy atom.